The minimum Gasteiger partial charge on any atom is -0.444 e. The van der Waals surface area contributed by atoms with Crippen LogP contribution in [-0.2, 0) is 17.8 Å². The number of nitrogens with zero attached hydrogens (tertiary/aromatic N) is 3. The number of aromatic amines is 1. The molecule has 0 saturated heterocycles. The zero-order valence-electron chi connectivity index (χ0n) is 22.8. The molecule has 0 fully saturated rings. The summed E-state index contributed by atoms with van der Waals surface area (Å²) in [6, 6.07) is 8.23. The second kappa shape index (κ2) is 14.9. The van der Waals surface area contributed by atoms with E-state index in [9.17, 15) is 4.79 Å². The molecule has 0 aliphatic heterocycles. The zero-order valence-corrected chi connectivity index (χ0v) is 22.8. The van der Waals surface area contributed by atoms with E-state index in [2.05, 4.69) is 58.3 Å². The number of amides is 1. The number of ether oxygens (including phenoxy) is 1. The van der Waals surface area contributed by atoms with Crippen molar-refractivity contribution in [2.45, 2.75) is 92.0 Å². The van der Waals surface area contributed by atoms with Crippen molar-refractivity contribution in [1.82, 2.24) is 25.1 Å². The number of hydrogen-bond acceptors (Lipinski definition) is 5. The second-order valence-corrected chi connectivity index (χ2v) is 10.3. The van der Waals surface area contributed by atoms with Gasteiger partial charge in [0, 0.05) is 25.5 Å². The molecule has 1 amide bonds. The molecule has 7 nitrogen and oxygen atoms in total. The third-order valence-electron chi connectivity index (χ3n) is 5.87. The van der Waals surface area contributed by atoms with Gasteiger partial charge < -0.3 is 19.9 Å². The quantitative estimate of drug-likeness (QED) is 0.307. The van der Waals surface area contributed by atoms with Crippen molar-refractivity contribution in [3.63, 3.8) is 0 Å². The summed E-state index contributed by atoms with van der Waals surface area (Å²) in [6.07, 6.45) is 8.01. The normalized spacial score (nSPS) is 12.7. The Hall–Kier alpha value is -2.38. The summed E-state index contributed by atoms with van der Waals surface area (Å²) in [6.45, 7) is 18.1. The molecule has 2 aromatic rings. The fourth-order valence-electron chi connectivity index (χ4n) is 4.08. The van der Waals surface area contributed by atoms with Crippen LogP contribution in [0.2, 0.25) is 0 Å². The Morgan fingerprint density at radius 2 is 1.71 bits per heavy atom. The molecule has 0 aliphatic rings. The van der Waals surface area contributed by atoms with Crippen molar-refractivity contribution in [2.75, 3.05) is 26.2 Å². The van der Waals surface area contributed by atoms with E-state index < -0.39 is 5.60 Å². The highest BCUT2D eigenvalue weighted by molar-refractivity contribution is 5.68. The maximum atomic E-state index is 13.0. The third-order valence-corrected chi connectivity index (χ3v) is 5.87. The van der Waals surface area contributed by atoms with Gasteiger partial charge in [-0.3, -0.25) is 4.90 Å². The first kappa shape index (κ1) is 28.9. The minimum absolute atomic E-state index is 0.230. The average molecular weight is 486 g/mol. The van der Waals surface area contributed by atoms with Gasteiger partial charge in [-0.05, 0) is 90.7 Å². The maximum Gasteiger partial charge on any atom is 0.411 e. The van der Waals surface area contributed by atoms with Crippen LogP contribution in [0.1, 0.15) is 90.2 Å². The Morgan fingerprint density at radius 1 is 1.06 bits per heavy atom. The van der Waals surface area contributed by atoms with Crippen LogP contribution >= 0.6 is 0 Å². The molecule has 0 aliphatic carbocycles. The lowest BCUT2D eigenvalue weighted by atomic mass is 10.1. The van der Waals surface area contributed by atoms with E-state index in [-0.39, 0.29) is 12.1 Å². The van der Waals surface area contributed by atoms with Gasteiger partial charge in [0.15, 0.2) is 0 Å². The fraction of sp³-hybridized carbons (Fsp3) is 0.643. The summed E-state index contributed by atoms with van der Waals surface area (Å²) in [5, 5.41) is 3.56. The van der Waals surface area contributed by atoms with Gasteiger partial charge in [-0.15, -0.1) is 0 Å². The Kier molecular flexibility index (Phi) is 12.3. The van der Waals surface area contributed by atoms with E-state index in [1.165, 1.54) is 50.9 Å². The van der Waals surface area contributed by atoms with E-state index >= 15 is 0 Å². The lowest BCUT2D eigenvalue weighted by Gasteiger charge is -2.31. The van der Waals surface area contributed by atoms with Crippen LogP contribution in [0.3, 0.4) is 0 Å². The highest BCUT2D eigenvalue weighted by Gasteiger charge is 2.28. The van der Waals surface area contributed by atoms with E-state index in [0.717, 1.165) is 24.5 Å². The Bertz CT molecular complexity index is 824. The highest BCUT2D eigenvalue weighted by Crippen LogP contribution is 2.23. The molecule has 0 bridgehead atoms. The summed E-state index contributed by atoms with van der Waals surface area (Å²) in [4.78, 5) is 24.7. The molecule has 1 aromatic carbocycles. The highest BCUT2D eigenvalue weighted by atomic mass is 16.6. The molecule has 7 heteroatoms. The van der Waals surface area contributed by atoms with E-state index in [1.54, 1.807) is 17.3 Å². The fourth-order valence-corrected chi connectivity index (χ4v) is 4.08. The van der Waals surface area contributed by atoms with E-state index in [0.29, 0.717) is 6.54 Å². The van der Waals surface area contributed by atoms with Crippen molar-refractivity contribution >= 4 is 6.09 Å². The summed E-state index contributed by atoms with van der Waals surface area (Å²) >= 11 is 0. The summed E-state index contributed by atoms with van der Waals surface area (Å²) in [7, 11) is 0. The van der Waals surface area contributed by atoms with Gasteiger partial charge in [0.2, 0.25) is 0 Å². The predicted octanol–water partition coefficient (Wildman–Crippen LogP) is 5.90. The number of imidazole rings is 1. The molecule has 1 unspecified atom stereocenters. The molecule has 0 radical (unpaired) electrons. The van der Waals surface area contributed by atoms with Gasteiger partial charge in [0.25, 0.3) is 0 Å². The Balaban J connectivity index is 1.85. The third kappa shape index (κ3) is 10.8. The van der Waals surface area contributed by atoms with Gasteiger partial charge >= 0.3 is 6.09 Å². The molecular formula is C28H47N5O2. The Morgan fingerprint density at radius 3 is 2.29 bits per heavy atom. The molecule has 2 rings (SSSR count). The maximum absolute atomic E-state index is 13.0. The molecule has 1 atom stereocenters. The molecule has 1 aromatic heterocycles. The van der Waals surface area contributed by atoms with Crippen LogP contribution in [0, 0.1) is 0 Å². The average Bonchev–Trinajstić information content (AvgIpc) is 3.34. The van der Waals surface area contributed by atoms with Crippen LogP contribution in [0.4, 0.5) is 4.79 Å². The largest absolute Gasteiger partial charge is 0.444 e. The minimum atomic E-state index is -0.558. The molecule has 1 heterocycles. The van der Waals surface area contributed by atoms with Crippen LogP contribution in [-0.4, -0.2) is 57.6 Å². The number of aromatic nitrogens is 2. The number of hydrogen-bond donors (Lipinski definition) is 2. The van der Waals surface area contributed by atoms with E-state index in [1.807, 2.05) is 27.7 Å². The predicted molar refractivity (Wildman–Crippen MR) is 143 cm³/mol. The number of carbonyl (C=O) groups excluding carboxylic acids is 1. The number of benzene rings is 1. The zero-order chi connectivity index (χ0) is 25.7. The van der Waals surface area contributed by atoms with Gasteiger partial charge in [0.1, 0.15) is 11.4 Å². The molecular weight excluding hydrogens is 438 g/mol. The topological polar surface area (TPSA) is 73.5 Å². The number of nitrogens with one attached hydrogen (secondary N) is 2. The van der Waals surface area contributed by atoms with Crippen molar-refractivity contribution in [1.29, 1.82) is 0 Å². The first-order valence-electron chi connectivity index (χ1n) is 13.2. The lowest BCUT2D eigenvalue weighted by molar-refractivity contribution is 0.0146. The van der Waals surface area contributed by atoms with Crippen LogP contribution < -0.4 is 5.32 Å². The van der Waals surface area contributed by atoms with Crippen LogP contribution in [0.5, 0.6) is 0 Å². The summed E-state index contributed by atoms with van der Waals surface area (Å²) in [5.74, 6) is 0.740. The molecule has 196 valence electrons. The van der Waals surface area contributed by atoms with Crippen LogP contribution in [0.25, 0.3) is 0 Å². The van der Waals surface area contributed by atoms with Crippen molar-refractivity contribution in [3.05, 3.63) is 53.6 Å². The van der Waals surface area contributed by atoms with Crippen molar-refractivity contribution in [2.24, 2.45) is 0 Å². The molecule has 2 N–H and O–H groups in total. The summed E-state index contributed by atoms with van der Waals surface area (Å²) < 4.78 is 5.67. The number of H-pyrrole nitrogens is 1. The first-order valence-corrected chi connectivity index (χ1v) is 13.2. The monoisotopic (exact) mass is 485 g/mol. The smallest absolute Gasteiger partial charge is 0.411 e. The number of carbonyl (C=O) groups is 1. The SMILES string of the molecule is CCCN(CCC)CCCCNCc1ccc(CN(C(=O)OC(C)(C)C)C(C)c2ncc[nH]2)cc1. The second-order valence-electron chi connectivity index (χ2n) is 10.3. The molecule has 0 saturated carbocycles. The van der Waals surface area contributed by atoms with Gasteiger partial charge in [-0.1, -0.05) is 38.1 Å². The van der Waals surface area contributed by atoms with Gasteiger partial charge in [-0.2, -0.15) is 0 Å². The van der Waals surface area contributed by atoms with E-state index in [4.69, 9.17) is 4.74 Å². The lowest BCUT2D eigenvalue weighted by Crippen LogP contribution is -2.38. The van der Waals surface area contributed by atoms with Gasteiger partial charge in [-0.25, -0.2) is 9.78 Å². The van der Waals surface area contributed by atoms with Crippen LogP contribution in [0.15, 0.2) is 36.7 Å². The summed E-state index contributed by atoms with van der Waals surface area (Å²) in [5.41, 5.74) is 1.75. The number of unbranched alkanes of at least 4 members (excludes halogenated alkanes) is 1. The molecule has 35 heavy (non-hydrogen) atoms. The van der Waals surface area contributed by atoms with Crippen molar-refractivity contribution in [3.8, 4) is 0 Å². The first-order chi connectivity index (χ1) is 16.7. The Labute approximate surface area is 212 Å². The van der Waals surface area contributed by atoms with Crippen molar-refractivity contribution < 1.29 is 9.53 Å². The molecule has 0 spiro atoms. The number of rotatable bonds is 15. The standard InChI is InChI=1S/C28H47N5O2/c1-7-18-32(19-8-2)20-10-9-15-29-21-24-11-13-25(14-12-24)22-33(27(34)35-28(4,5)6)23(3)26-30-16-17-31-26/h11-14,16-17,23,29H,7-10,15,18-22H2,1-6H3,(H,30,31). The van der Waals surface area contributed by atoms with Gasteiger partial charge in [0.05, 0.1) is 6.04 Å².